The third-order valence-corrected chi connectivity index (χ3v) is 4.09. The van der Waals surface area contributed by atoms with E-state index in [2.05, 4.69) is 30.6 Å². The molecule has 4 heterocycles. The summed E-state index contributed by atoms with van der Waals surface area (Å²) in [7, 11) is 0. The molecule has 4 rings (SSSR count). The summed E-state index contributed by atoms with van der Waals surface area (Å²) in [5, 5.41) is 14.6. The second-order valence-electron chi connectivity index (χ2n) is 5.19. The summed E-state index contributed by atoms with van der Waals surface area (Å²) < 4.78 is 4.83. The second kappa shape index (κ2) is 4.34. The van der Waals surface area contributed by atoms with Crippen LogP contribution < -0.4 is 10.2 Å². The van der Waals surface area contributed by atoms with E-state index in [0.29, 0.717) is 17.6 Å². The van der Waals surface area contributed by atoms with Gasteiger partial charge in [0.2, 0.25) is 5.95 Å². The number of anilines is 1. The minimum absolute atomic E-state index is 0.523. The molecular weight excluding hydrogens is 244 g/mol. The van der Waals surface area contributed by atoms with Crippen molar-refractivity contribution < 1.29 is 4.52 Å². The van der Waals surface area contributed by atoms with Gasteiger partial charge in [0.1, 0.15) is 6.26 Å². The smallest absolute Gasteiger partial charge is 0.245 e. The van der Waals surface area contributed by atoms with Crippen molar-refractivity contribution in [2.45, 2.75) is 18.9 Å². The lowest BCUT2D eigenvalue weighted by Gasteiger charge is -2.36. The van der Waals surface area contributed by atoms with E-state index < -0.39 is 0 Å². The predicted octanol–water partition coefficient (Wildman–Crippen LogP) is 0.648. The number of aromatic nitrogens is 4. The van der Waals surface area contributed by atoms with E-state index in [9.17, 15) is 0 Å². The number of hydrogen-bond donors (Lipinski definition) is 2. The maximum absolute atomic E-state index is 4.83. The molecule has 0 radical (unpaired) electrons. The molecule has 0 amide bonds. The van der Waals surface area contributed by atoms with Crippen LogP contribution in [0.15, 0.2) is 16.9 Å². The number of nitrogens with zero attached hydrogens (tertiary/aromatic N) is 4. The highest BCUT2D eigenvalue weighted by Gasteiger charge is 2.36. The molecule has 0 bridgehead atoms. The van der Waals surface area contributed by atoms with Gasteiger partial charge in [-0.25, -0.2) is 0 Å². The van der Waals surface area contributed by atoms with Crippen LogP contribution in [0.5, 0.6) is 0 Å². The average Bonchev–Trinajstić information content (AvgIpc) is 3.18. The topological polar surface area (TPSA) is 82.9 Å². The van der Waals surface area contributed by atoms with Crippen molar-refractivity contribution in [3.63, 3.8) is 0 Å². The summed E-state index contributed by atoms with van der Waals surface area (Å²) in [6, 6.07) is 2.30. The molecule has 0 saturated carbocycles. The number of fused-ring (bicyclic) bond motifs is 1. The Balaban J connectivity index is 1.62. The highest BCUT2D eigenvalue weighted by Crippen LogP contribution is 2.29. The summed E-state index contributed by atoms with van der Waals surface area (Å²) in [6.07, 6.45) is 4.04. The van der Waals surface area contributed by atoms with Crippen LogP contribution in [0.3, 0.4) is 0 Å². The first-order chi connectivity index (χ1) is 9.42. The molecule has 2 aromatic rings. The molecule has 7 heteroatoms. The van der Waals surface area contributed by atoms with Gasteiger partial charge in [0.25, 0.3) is 0 Å². The molecular formula is C12H16N6O. The summed E-state index contributed by atoms with van der Waals surface area (Å²) in [4.78, 5) is 6.86. The molecule has 100 valence electrons. The van der Waals surface area contributed by atoms with Crippen molar-refractivity contribution >= 4 is 5.95 Å². The first kappa shape index (κ1) is 11.0. The van der Waals surface area contributed by atoms with E-state index in [-0.39, 0.29) is 0 Å². The summed E-state index contributed by atoms with van der Waals surface area (Å²) in [5.74, 6) is 2.16. The zero-order valence-corrected chi connectivity index (χ0v) is 10.5. The van der Waals surface area contributed by atoms with Gasteiger partial charge in [-0.1, -0.05) is 5.16 Å². The Kier molecular flexibility index (Phi) is 2.51. The van der Waals surface area contributed by atoms with Crippen LogP contribution in [0.2, 0.25) is 0 Å². The monoisotopic (exact) mass is 260 g/mol. The predicted molar refractivity (Wildman–Crippen MR) is 68.6 cm³/mol. The first-order valence-corrected chi connectivity index (χ1v) is 6.72. The fourth-order valence-corrected chi connectivity index (χ4v) is 3.15. The summed E-state index contributed by atoms with van der Waals surface area (Å²) in [6.45, 7) is 3.17. The Hall–Kier alpha value is -1.89. The van der Waals surface area contributed by atoms with Gasteiger partial charge in [-0.05, 0) is 18.8 Å². The van der Waals surface area contributed by atoms with Crippen LogP contribution in [0.1, 0.15) is 12.8 Å². The molecule has 0 aromatic carbocycles. The Labute approximate surface area is 110 Å². The van der Waals surface area contributed by atoms with Gasteiger partial charge < -0.3 is 14.7 Å². The zero-order chi connectivity index (χ0) is 12.7. The first-order valence-electron chi connectivity index (χ1n) is 6.72. The van der Waals surface area contributed by atoms with Gasteiger partial charge in [-0.15, -0.1) is 5.10 Å². The molecule has 2 atom stereocenters. The van der Waals surface area contributed by atoms with Crippen LogP contribution in [0, 0.1) is 5.92 Å². The molecule has 0 spiro atoms. The molecule has 2 aliphatic rings. The lowest BCUT2D eigenvalue weighted by molar-refractivity contribution is 0.381. The highest BCUT2D eigenvalue weighted by molar-refractivity contribution is 5.50. The minimum atomic E-state index is 0.523. The summed E-state index contributed by atoms with van der Waals surface area (Å²) >= 11 is 0. The van der Waals surface area contributed by atoms with Gasteiger partial charge in [0.05, 0.1) is 0 Å². The van der Waals surface area contributed by atoms with Crippen LogP contribution in [-0.2, 0) is 0 Å². The van der Waals surface area contributed by atoms with Crippen molar-refractivity contribution in [2.75, 3.05) is 24.5 Å². The Morgan fingerprint density at radius 2 is 2.37 bits per heavy atom. The van der Waals surface area contributed by atoms with Crippen molar-refractivity contribution in [1.82, 2.24) is 25.7 Å². The van der Waals surface area contributed by atoms with E-state index in [1.807, 2.05) is 0 Å². The van der Waals surface area contributed by atoms with Crippen LogP contribution in [-0.4, -0.2) is 46.0 Å². The average molecular weight is 260 g/mol. The van der Waals surface area contributed by atoms with Crippen molar-refractivity contribution in [1.29, 1.82) is 0 Å². The Bertz CT molecular complexity index is 550. The van der Waals surface area contributed by atoms with Gasteiger partial charge in [0, 0.05) is 31.7 Å². The van der Waals surface area contributed by atoms with E-state index >= 15 is 0 Å². The molecule has 2 aliphatic heterocycles. The Morgan fingerprint density at radius 3 is 3.26 bits per heavy atom. The zero-order valence-electron chi connectivity index (χ0n) is 10.5. The van der Waals surface area contributed by atoms with Crippen LogP contribution in [0.4, 0.5) is 5.95 Å². The number of piperidine rings is 1. The maximum atomic E-state index is 4.83. The minimum Gasteiger partial charge on any atom is -0.364 e. The second-order valence-corrected chi connectivity index (χ2v) is 5.19. The van der Waals surface area contributed by atoms with E-state index in [4.69, 9.17) is 4.52 Å². The molecule has 19 heavy (non-hydrogen) atoms. The van der Waals surface area contributed by atoms with Gasteiger partial charge >= 0.3 is 0 Å². The fraction of sp³-hybridized carbons (Fsp3) is 0.583. The van der Waals surface area contributed by atoms with Crippen molar-refractivity contribution in [3.05, 3.63) is 12.3 Å². The Morgan fingerprint density at radius 1 is 1.37 bits per heavy atom. The third-order valence-electron chi connectivity index (χ3n) is 4.09. The van der Waals surface area contributed by atoms with Gasteiger partial charge in [-0.3, -0.25) is 5.10 Å². The fourth-order valence-electron chi connectivity index (χ4n) is 3.15. The number of rotatable bonds is 2. The SMILES string of the molecule is c1cc(-c2nc(N3CCCC4CNCC43)n[nH]2)no1. The molecule has 2 unspecified atom stereocenters. The normalized spacial score (nSPS) is 26.6. The quantitative estimate of drug-likeness (QED) is 0.825. The lowest BCUT2D eigenvalue weighted by Crippen LogP contribution is -2.45. The molecule has 7 nitrogen and oxygen atoms in total. The van der Waals surface area contributed by atoms with E-state index in [1.165, 1.54) is 19.1 Å². The molecule has 2 N–H and O–H groups in total. The van der Waals surface area contributed by atoms with Crippen LogP contribution >= 0.6 is 0 Å². The number of hydrogen-bond acceptors (Lipinski definition) is 6. The van der Waals surface area contributed by atoms with Crippen molar-refractivity contribution in [3.8, 4) is 11.5 Å². The molecule has 2 saturated heterocycles. The highest BCUT2D eigenvalue weighted by atomic mass is 16.5. The number of aromatic amines is 1. The van der Waals surface area contributed by atoms with Gasteiger partial charge in [-0.2, -0.15) is 4.98 Å². The summed E-state index contributed by atoms with van der Waals surface area (Å²) in [5.41, 5.74) is 0.692. The molecule has 2 aromatic heterocycles. The standard InChI is InChI=1S/C12H16N6O/c1-2-8-6-13-7-10(8)18(4-1)12-14-11(15-16-12)9-3-5-19-17-9/h3,5,8,10,13H,1-2,4,6-7H2,(H,14,15,16). The van der Waals surface area contributed by atoms with Crippen LogP contribution in [0.25, 0.3) is 11.5 Å². The molecule has 0 aliphatic carbocycles. The lowest BCUT2D eigenvalue weighted by atomic mass is 9.92. The van der Waals surface area contributed by atoms with E-state index in [0.717, 1.165) is 31.5 Å². The van der Waals surface area contributed by atoms with Crippen molar-refractivity contribution in [2.24, 2.45) is 5.92 Å². The largest absolute Gasteiger partial charge is 0.364 e. The van der Waals surface area contributed by atoms with E-state index in [1.54, 1.807) is 6.07 Å². The number of nitrogens with one attached hydrogen (secondary N) is 2. The maximum Gasteiger partial charge on any atom is 0.245 e. The number of H-pyrrole nitrogens is 1. The molecule has 2 fully saturated rings. The third kappa shape index (κ3) is 1.81. The van der Waals surface area contributed by atoms with Gasteiger partial charge in [0.15, 0.2) is 11.5 Å².